The maximum atomic E-state index is 6.33. The Labute approximate surface area is 179 Å². The van der Waals surface area contributed by atoms with Crippen LogP contribution in [0.2, 0.25) is 0 Å². The second-order valence-corrected chi connectivity index (χ2v) is 7.49. The van der Waals surface area contributed by atoms with E-state index in [1.165, 1.54) is 12.8 Å². The highest BCUT2D eigenvalue weighted by Gasteiger charge is 2.21. The zero-order valence-corrected chi connectivity index (χ0v) is 18.6. The van der Waals surface area contributed by atoms with Crippen LogP contribution in [0.3, 0.4) is 0 Å². The van der Waals surface area contributed by atoms with Gasteiger partial charge in [0.2, 0.25) is 0 Å². The second-order valence-electron chi connectivity index (χ2n) is 7.49. The average molecular weight is 415 g/mol. The molecular formula is C23H34N4O3. The Balaban J connectivity index is 1.65. The van der Waals surface area contributed by atoms with E-state index in [-0.39, 0.29) is 6.10 Å². The largest absolute Gasteiger partial charge is 0.493 e. The minimum absolute atomic E-state index is 0.269. The molecule has 0 saturated heterocycles. The van der Waals surface area contributed by atoms with Crippen molar-refractivity contribution in [3.05, 3.63) is 40.8 Å². The van der Waals surface area contributed by atoms with Crippen LogP contribution in [0.4, 0.5) is 0 Å². The summed E-state index contributed by atoms with van der Waals surface area (Å²) >= 11 is 0. The fourth-order valence-electron chi connectivity index (χ4n) is 3.88. The number of nitrogens with one attached hydrogen (secondary N) is 2. The van der Waals surface area contributed by atoms with Crippen LogP contribution >= 0.6 is 0 Å². The SMILES string of the molecule is CCc1noc(CC)c1CNC(=NC)NCc1cccc(OC)c1OC1CCCC1. The number of ether oxygens (including phenoxy) is 2. The molecule has 3 rings (SSSR count). The van der Waals surface area contributed by atoms with Gasteiger partial charge in [-0.1, -0.05) is 31.1 Å². The van der Waals surface area contributed by atoms with Crippen LogP contribution in [0.25, 0.3) is 0 Å². The van der Waals surface area contributed by atoms with E-state index in [1.54, 1.807) is 14.2 Å². The summed E-state index contributed by atoms with van der Waals surface area (Å²) in [5, 5.41) is 10.9. The Morgan fingerprint density at radius 1 is 1.17 bits per heavy atom. The van der Waals surface area contributed by atoms with Crippen molar-refractivity contribution >= 4 is 5.96 Å². The molecule has 7 nitrogen and oxygen atoms in total. The Kier molecular flexibility index (Phi) is 7.99. The summed E-state index contributed by atoms with van der Waals surface area (Å²) in [6.45, 7) is 5.37. The van der Waals surface area contributed by atoms with E-state index >= 15 is 0 Å². The molecule has 1 aromatic heterocycles. The summed E-state index contributed by atoms with van der Waals surface area (Å²) in [5.41, 5.74) is 3.17. The van der Waals surface area contributed by atoms with Gasteiger partial charge in [-0.15, -0.1) is 0 Å². The van der Waals surface area contributed by atoms with Crippen LogP contribution in [0, 0.1) is 0 Å². The third kappa shape index (κ3) is 5.26. The lowest BCUT2D eigenvalue weighted by atomic mass is 10.1. The van der Waals surface area contributed by atoms with Crippen molar-refractivity contribution in [1.82, 2.24) is 15.8 Å². The van der Waals surface area contributed by atoms with Gasteiger partial charge in [0.1, 0.15) is 5.76 Å². The van der Waals surface area contributed by atoms with E-state index in [2.05, 4.69) is 40.7 Å². The Morgan fingerprint density at radius 3 is 2.60 bits per heavy atom. The number of hydrogen-bond acceptors (Lipinski definition) is 5. The molecule has 1 heterocycles. The molecule has 1 fully saturated rings. The Bertz CT molecular complexity index is 819. The van der Waals surface area contributed by atoms with Crippen LogP contribution in [-0.2, 0) is 25.9 Å². The summed E-state index contributed by atoms with van der Waals surface area (Å²) in [6.07, 6.45) is 6.60. The summed E-state index contributed by atoms with van der Waals surface area (Å²) in [4.78, 5) is 4.36. The molecule has 2 N–H and O–H groups in total. The number of benzene rings is 1. The van der Waals surface area contributed by atoms with E-state index in [4.69, 9.17) is 14.0 Å². The van der Waals surface area contributed by atoms with Crippen molar-refractivity contribution < 1.29 is 14.0 Å². The van der Waals surface area contributed by atoms with Gasteiger partial charge in [-0.05, 0) is 38.2 Å². The number of aromatic nitrogens is 1. The molecule has 1 saturated carbocycles. The molecule has 0 unspecified atom stereocenters. The van der Waals surface area contributed by atoms with Crippen LogP contribution < -0.4 is 20.1 Å². The molecule has 0 aliphatic heterocycles. The lowest BCUT2D eigenvalue weighted by Crippen LogP contribution is -2.36. The van der Waals surface area contributed by atoms with Crippen LogP contribution in [-0.4, -0.2) is 31.4 Å². The Morgan fingerprint density at radius 2 is 1.93 bits per heavy atom. The van der Waals surface area contributed by atoms with Gasteiger partial charge in [0.25, 0.3) is 0 Å². The highest BCUT2D eigenvalue weighted by molar-refractivity contribution is 5.79. The first kappa shape index (κ1) is 22.0. The molecule has 0 spiro atoms. The molecule has 2 aromatic rings. The summed E-state index contributed by atoms with van der Waals surface area (Å²) < 4.78 is 17.3. The van der Waals surface area contributed by atoms with Crippen LogP contribution in [0.15, 0.2) is 27.7 Å². The van der Waals surface area contributed by atoms with Crippen LogP contribution in [0.5, 0.6) is 11.5 Å². The highest BCUT2D eigenvalue weighted by Crippen LogP contribution is 2.34. The first-order valence-corrected chi connectivity index (χ1v) is 10.9. The molecule has 1 aliphatic carbocycles. The predicted molar refractivity (Wildman–Crippen MR) is 118 cm³/mol. The third-order valence-corrected chi connectivity index (χ3v) is 5.58. The number of aryl methyl sites for hydroxylation is 2. The van der Waals surface area contributed by atoms with Gasteiger partial charge in [-0.25, -0.2) is 0 Å². The first-order chi connectivity index (χ1) is 14.7. The normalized spacial score (nSPS) is 14.7. The standard InChI is InChI=1S/C23H34N4O3/c1-5-19-18(20(6-2)30-27-19)15-26-23(24-3)25-14-16-10-9-13-21(28-4)22(16)29-17-11-7-8-12-17/h9-10,13,17H,5-8,11-12,14-15H2,1-4H3,(H2,24,25,26). The van der Waals surface area contributed by atoms with Gasteiger partial charge in [-0.3, -0.25) is 4.99 Å². The van der Waals surface area contributed by atoms with Crippen molar-refractivity contribution in [3.8, 4) is 11.5 Å². The first-order valence-electron chi connectivity index (χ1n) is 10.9. The fourth-order valence-corrected chi connectivity index (χ4v) is 3.88. The number of hydrogen-bond donors (Lipinski definition) is 2. The van der Waals surface area contributed by atoms with Gasteiger partial charge in [-0.2, -0.15) is 0 Å². The van der Waals surface area contributed by atoms with E-state index in [1.807, 2.05) is 12.1 Å². The Hall–Kier alpha value is -2.70. The molecule has 1 aliphatic rings. The van der Waals surface area contributed by atoms with Crippen molar-refractivity contribution in [2.45, 2.75) is 71.6 Å². The smallest absolute Gasteiger partial charge is 0.191 e. The van der Waals surface area contributed by atoms with Crippen LogP contribution in [0.1, 0.15) is 62.1 Å². The molecule has 30 heavy (non-hydrogen) atoms. The highest BCUT2D eigenvalue weighted by atomic mass is 16.5. The fraction of sp³-hybridized carbons (Fsp3) is 0.565. The molecular weight excluding hydrogens is 380 g/mol. The molecule has 0 radical (unpaired) electrons. The number of nitrogens with zero attached hydrogens (tertiary/aromatic N) is 2. The van der Waals surface area contributed by atoms with E-state index < -0.39 is 0 Å². The zero-order chi connectivity index (χ0) is 21.3. The summed E-state index contributed by atoms with van der Waals surface area (Å²) in [5.74, 6) is 3.24. The average Bonchev–Trinajstić information content (AvgIpc) is 3.43. The van der Waals surface area contributed by atoms with Gasteiger partial charge in [0, 0.05) is 37.7 Å². The second kappa shape index (κ2) is 10.9. The third-order valence-electron chi connectivity index (χ3n) is 5.58. The monoisotopic (exact) mass is 414 g/mol. The minimum Gasteiger partial charge on any atom is -0.493 e. The lowest BCUT2D eigenvalue weighted by Gasteiger charge is -2.20. The van der Waals surface area contributed by atoms with Crippen molar-refractivity contribution in [2.24, 2.45) is 4.99 Å². The van der Waals surface area contributed by atoms with Gasteiger partial charge in [0.15, 0.2) is 17.5 Å². The van der Waals surface area contributed by atoms with E-state index in [9.17, 15) is 0 Å². The molecule has 164 valence electrons. The topological polar surface area (TPSA) is 80.9 Å². The van der Waals surface area contributed by atoms with Crippen molar-refractivity contribution in [3.63, 3.8) is 0 Å². The molecule has 0 bridgehead atoms. The van der Waals surface area contributed by atoms with Gasteiger partial charge >= 0.3 is 0 Å². The maximum Gasteiger partial charge on any atom is 0.191 e. The van der Waals surface area contributed by atoms with E-state index in [0.717, 1.165) is 65.7 Å². The molecule has 1 aromatic carbocycles. The summed E-state index contributed by atoms with van der Waals surface area (Å²) in [6, 6.07) is 6.01. The maximum absolute atomic E-state index is 6.33. The van der Waals surface area contributed by atoms with E-state index in [0.29, 0.717) is 13.1 Å². The number of guanidine groups is 1. The number of rotatable bonds is 9. The van der Waals surface area contributed by atoms with Crippen molar-refractivity contribution in [1.29, 1.82) is 0 Å². The van der Waals surface area contributed by atoms with Gasteiger partial charge in [0.05, 0.1) is 18.9 Å². The van der Waals surface area contributed by atoms with Gasteiger partial charge < -0.3 is 24.6 Å². The summed E-state index contributed by atoms with van der Waals surface area (Å²) in [7, 11) is 3.45. The van der Waals surface area contributed by atoms with Crippen molar-refractivity contribution in [2.75, 3.05) is 14.2 Å². The molecule has 7 heteroatoms. The minimum atomic E-state index is 0.269. The number of para-hydroxylation sites is 1. The number of methoxy groups -OCH3 is 1. The predicted octanol–water partition coefficient (Wildman–Crippen LogP) is 3.99. The quantitative estimate of drug-likeness (QED) is 0.477. The molecule has 0 amide bonds. The lowest BCUT2D eigenvalue weighted by molar-refractivity contribution is 0.198. The number of aliphatic imine (C=N–C) groups is 1. The zero-order valence-electron chi connectivity index (χ0n) is 18.6. The molecule has 0 atom stereocenters.